The summed E-state index contributed by atoms with van der Waals surface area (Å²) in [6.45, 7) is 7.48. The highest BCUT2D eigenvalue weighted by Gasteiger charge is 2.30. The van der Waals surface area contributed by atoms with Crippen molar-refractivity contribution in [2.24, 2.45) is 17.6 Å². The number of nitrogens with one attached hydrogen (secondary N) is 1. The maximum absolute atomic E-state index is 11.3. The fraction of sp³-hybridized carbons (Fsp3) is 0.909. The Hall–Kier alpha value is -0.610. The van der Waals surface area contributed by atoms with Gasteiger partial charge in [-0.05, 0) is 19.3 Å². The van der Waals surface area contributed by atoms with Crippen LogP contribution in [0.2, 0.25) is 0 Å². The van der Waals surface area contributed by atoms with Gasteiger partial charge < -0.3 is 15.8 Å². The average Bonchev–Trinajstić information content (AvgIpc) is 2.61. The van der Waals surface area contributed by atoms with Crippen LogP contribution in [0.4, 0.5) is 0 Å². The zero-order chi connectivity index (χ0) is 11.4. The molecule has 1 aliphatic rings. The fourth-order valence-corrected chi connectivity index (χ4v) is 2.00. The average molecular weight is 214 g/mol. The molecule has 1 heterocycles. The number of ether oxygens (including phenoxy) is 1. The highest BCUT2D eigenvalue weighted by molar-refractivity contribution is 5.80. The van der Waals surface area contributed by atoms with Crippen LogP contribution in [-0.4, -0.2) is 31.2 Å². The molecule has 0 aromatic rings. The molecule has 88 valence electrons. The fourth-order valence-electron chi connectivity index (χ4n) is 2.00. The Morgan fingerprint density at radius 2 is 2.20 bits per heavy atom. The van der Waals surface area contributed by atoms with E-state index < -0.39 is 6.04 Å². The van der Waals surface area contributed by atoms with E-state index in [9.17, 15) is 4.79 Å². The van der Waals surface area contributed by atoms with Gasteiger partial charge in [0.05, 0.1) is 12.1 Å². The number of hydrogen-bond donors (Lipinski definition) is 2. The van der Waals surface area contributed by atoms with Crippen LogP contribution in [0, 0.1) is 11.8 Å². The summed E-state index contributed by atoms with van der Waals surface area (Å²) in [5.74, 6) is 0.863. The van der Waals surface area contributed by atoms with E-state index in [1.54, 1.807) is 6.92 Å². The molecule has 0 aliphatic carbocycles. The van der Waals surface area contributed by atoms with Gasteiger partial charge in [-0.1, -0.05) is 13.8 Å². The standard InChI is InChI=1S/C11H22N2O2/c1-7(2)10-9(4-5-15-10)6-13-11(14)8(3)12/h7-10H,4-6,12H2,1-3H3,(H,13,14)/t8-,9?,10?/m0/s1. The molecule has 1 saturated heterocycles. The number of nitrogens with two attached hydrogens (primary N) is 1. The molecule has 4 heteroatoms. The second-order valence-electron chi connectivity index (χ2n) is 4.66. The number of amides is 1. The second kappa shape index (κ2) is 5.47. The van der Waals surface area contributed by atoms with Gasteiger partial charge >= 0.3 is 0 Å². The van der Waals surface area contributed by atoms with E-state index >= 15 is 0 Å². The molecule has 1 aliphatic heterocycles. The van der Waals surface area contributed by atoms with E-state index in [0.717, 1.165) is 13.0 Å². The highest BCUT2D eigenvalue weighted by atomic mass is 16.5. The molecule has 1 fully saturated rings. The zero-order valence-corrected chi connectivity index (χ0v) is 9.82. The Kier molecular flexibility index (Phi) is 4.54. The van der Waals surface area contributed by atoms with Gasteiger partial charge in [0.15, 0.2) is 0 Å². The summed E-state index contributed by atoms with van der Waals surface area (Å²) in [4.78, 5) is 11.3. The predicted molar refractivity (Wildman–Crippen MR) is 59.3 cm³/mol. The van der Waals surface area contributed by atoms with Crippen LogP contribution < -0.4 is 11.1 Å². The summed E-state index contributed by atoms with van der Waals surface area (Å²) < 4.78 is 5.64. The van der Waals surface area contributed by atoms with Gasteiger partial charge in [-0.3, -0.25) is 4.79 Å². The Bertz CT molecular complexity index is 217. The third-order valence-electron chi connectivity index (χ3n) is 2.87. The van der Waals surface area contributed by atoms with E-state index in [-0.39, 0.29) is 12.0 Å². The lowest BCUT2D eigenvalue weighted by Gasteiger charge is -2.22. The largest absolute Gasteiger partial charge is 0.378 e. The van der Waals surface area contributed by atoms with E-state index in [1.807, 2.05) is 0 Å². The number of rotatable bonds is 4. The van der Waals surface area contributed by atoms with Crippen molar-refractivity contribution in [2.45, 2.75) is 39.3 Å². The molecular formula is C11H22N2O2. The highest BCUT2D eigenvalue weighted by Crippen LogP contribution is 2.25. The van der Waals surface area contributed by atoms with Gasteiger partial charge in [0.2, 0.25) is 5.91 Å². The topological polar surface area (TPSA) is 64.3 Å². The van der Waals surface area contributed by atoms with Gasteiger partial charge in [0.25, 0.3) is 0 Å². The monoisotopic (exact) mass is 214 g/mol. The lowest BCUT2D eigenvalue weighted by molar-refractivity contribution is -0.122. The summed E-state index contributed by atoms with van der Waals surface area (Å²) in [6, 6.07) is -0.426. The molecule has 0 spiro atoms. The smallest absolute Gasteiger partial charge is 0.236 e. The van der Waals surface area contributed by atoms with Gasteiger partial charge in [0.1, 0.15) is 0 Å². The third-order valence-corrected chi connectivity index (χ3v) is 2.87. The molecule has 0 aromatic heterocycles. The summed E-state index contributed by atoms with van der Waals surface area (Å²) >= 11 is 0. The first-order valence-corrected chi connectivity index (χ1v) is 5.67. The molecular weight excluding hydrogens is 192 g/mol. The van der Waals surface area contributed by atoms with E-state index in [2.05, 4.69) is 19.2 Å². The first-order chi connectivity index (χ1) is 7.02. The Labute approximate surface area is 91.5 Å². The van der Waals surface area contributed by atoms with Crippen LogP contribution in [0.15, 0.2) is 0 Å². The van der Waals surface area contributed by atoms with Crippen LogP contribution in [0.5, 0.6) is 0 Å². The molecule has 0 saturated carbocycles. The lowest BCUT2D eigenvalue weighted by atomic mass is 9.93. The third kappa shape index (κ3) is 3.47. The molecule has 4 nitrogen and oxygen atoms in total. The van der Waals surface area contributed by atoms with Crippen molar-refractivity contribution in [2.75, 3.05) is 13.2 Å². The summed E-state index contributed by atoms with van der Waals surface area (Å²) in [5, 5.41) is 2.86. The van der Waals surface area contributed by atoms with Gasteiger partial charge in [-0.25, -0.2) is 0 Å². The maximum atomic E-state index is 11.3. The van der Waals surface area contributed by atoms with Crippen molar-refractivity contribution in [1.82, 2.24) is 5.32 Å². The Balaban J connectivity index is 2.35. The minimum absolute atomic E-state index is 0.0793. The summed E-state index contributed by atoms with van der Waals surface area (Å²) in [5.41, 5.74) is 5.47. The predicted octanol–water partition coefficient (Wildman–Crippen LogP) is 0.511. The molecule has 0 aromatic carbocycles. The van der Waals surface area contributed by atoms with Crippen LogP contribution in [0.1, 0.15) is 27.2 Å². The lowest BCUT2D eigenvalue weighted by Crippen LogP contribution is -2.42. The van der Waals surface area contributed by atoms with Crippen molar-refractivity contribution < 1.29 is 9.53 Å². The number of hydrogen-bond acceptors (Lipinski definition) is 3. The number of carbonyl (C=O) groups excluding carboxylic acids is 1. The molecule has 15 heavy (non-hydrogen) atoms. The minimum atomic E-state index is -0.426. The van der Waals surface area contributed by atoms with Crippen molar-refractivity contribution in [3.8, 4) is 0 Å². The molecule has 1 amide bonds. The quantitative estimate of drug-likeness (QED) is 0.716. The zero-order valence-electron chi connectivity index (χ0n) is 9.82. The van der Waals surface area contributed by atoms with Crippen LogP contribution in [0.3, 0.4) is 0 Å². The maximum Gasteiger partial charge on any atom is 0.236 e. The minimum Gasteiger partial charge on any atom is -0.378 e. The van der Waals surface area contributed by atoms with Crippen molar-refractivity contribution in [3.05, 3.63) is 0 Å². The molecule has 3 atom stereocenters. The molecule has 2 unspecified atom stereocenters. The van der Waals surface area contributed by atoms with Gasteiger partial charge in [-0.15, -0.1) is 0 Å². The first-order valence-electron chi connectivity index (χ1n) is 5.67. The summed E-state index contributed by atoms with van der Waals surface area (Å²) in [7, 11) is 0. The number of carbonyl (C=O) groups is 1. The normalized spacial score (nSPS) is 28.1. The van der Waals surface area contributed by atoms with Crippen molar-refractivity contribution >= 4 is 5.91 Å². The molecule has 0 bridgehead atoms. The SMILES string of the molecule is CC(C)C1OCCC1CNC(=O)[C@H](C)N. The first kappa shape index (κ1) is 12.5. The Morgan fingerprint density at radius 1 is 1.53 bits per heavy atom. The van der Waals surface area contributed by atoms with E-state index in [0.29, 0.717) is 18.4 Å². The van der Waals surface area contributed by atoms with E-state index in [1.165, 1.54) is 0 Å². The van der Waals surface area contributed by atoms with E-state index in [4.69, 9.17) is 10.5 Å². The Morgan fingerprint density at radius 3 is 2.73 bits per heavy atom. The van der Waals surface area contributed by atoms with Crippen molar-refractivity contribution in [3.63, 3.8) is 0 Å². The van der Waals surface area contributed by atoms with Gasteiger partial charge in [-0.2, -0.15) is 0 Å². The van der Waals surface area contributed by atoms with Crippen LogP contribution >= 0.6 is 0 Å². The molecule has 0 radical (unpaired) electrons. The second-order valence-corrected chi connectivity index (χ2v) is 4.66. The van der Waals surface area contributed by atoms with Crippen LogP contribution in [-0.2, 0) is 9.53 Å². The summed E-state index contributed by atoms with van der Waals surface area (Å²) in [6.07, 6.45) is 1.31. The van der Waals surface area contributed by atoms with Gasteiger partial charge in [0, 0.05) is 19.1 Å². The van der Waals surface area contributed by atoms with Crippen molar-refractivity contribution in [1.29, 1.82) is 0 Å². The molecule has 1 rings (SSSR count). The van der Waals surface area contributed by atoms with Crippen LogP contribution in [0.25, 0.3) is 0 Å². The molecule has 3 N–H and O–H groups in total.